The van der Waals surface area contributed by atoms with Crippen LogP contribution in [0.5, 0.6) is 0 Å². The molecule has 0 radical (unpaired) electrons. The number of nitrogens with zero attached hydrogens (tertiary/aromatic N) is 1. The van der Waals surface area contributed by atoms with Crippen molar-refractivity contribution in [2.24, 2.45) is 5.92 Å². The largest absolute Gasteiger partial charge is 0.342 e. The lowest BCUT2D eigenvalue weighted by Crippen LogP contribution is -2.50. The van der Waals surface area contributed by atoms with E-state index in [0.717, 1.165) is 69.6 Å². The second-order valence-electron chi connectivity index (χ2n) is 7.78. The number of halogens is 1. The van der Waals surface area contributed by atoms with Crippen LogP contribution >= 0.6 is 0 Å². The first-order valence-electron chi connectivity index (χ1n) is 9.86. The van der Waals surface area contributed by atoms with Crippen LogP contribution in [-0.4, -0.2) is 37.5 Å². The summed E-state index contributed by atoms with van der Waals surface area (Å²) in [6.45, 7) is 2.80. The van der Waals surface area contributed by atoms with Gasteiger partial charge >= 0.3 is 0 Å². The number of hydrogen-bond donors (Lipinski definition) is 1. The molecule has 1 heterocycles. The number of piperidine rings is 1. The predicted molar refractivity (Wildman–Crippen MR) is 99.0 cm³/mol. The summed E-state index contributed by atoms with van der Waals surface area (Å²) in [5.74, 6) is 0.781. The highest BCUT2D eigenvalue weighted by atomic mass is 19.1. The van der Waals surface area contributed by atoms with Gasteiger partial charge in [-0.2, -0.15) is 0 Å². The number of nitrogens with one attached hydrogen (secondary N) is 1. The number of carbonyl (C=O) groups excluding carboxylic acids is 1. The maximum absolute atomic E-state index is 13.5. The Kier molecular flexibility index (Phi) is 6.10. The quantitative estimate of drug-likeness (QED) is 0.878. The maximum atomic E-state index is 13.5. The summed E-state index contributed by atoms with van der Waals surface area (Å²) in [7, 11) is 1.99. The second-order valence-corrected chi connectivity index (χ2v) is 7.78. The summed E-state index contributed by atoms with van der Waals surface area (Å²) in [4.78, 5) is 15.6. The Hall–Kier alpha value is -1.42. The summed E-state index contributed by atoms with van der Waals surface area (Å²) in [5.41, 5.74) is 0.583. The van der Waals surface area contributed by atoms with Crippen molar-refractivity contribution in [1.82, 2.24) is 10.2 Å². The van der Waals surface area contributed by atoms with Gasteiger partial charge in [-0.15, -0.1) is 0 Å². The van der Waals surface area contributed by atoms with Crippen LogP contribution in [0.25, 0.3) is 0 Å². The highest BCUT2D eigenvalue weighted by molar-refractivity contribution is 5.88. The number of carbonyl (C=O) groups is 1. The molecule has 1 saturated heterocycles. The first-order chi connectivity index (χ1) is 12.2. The van der Waals surface area contributed by atoms with Crippen LogP contribution in [0, 0.1) is 11.7 Å². The standard InChI is InChI=1S/C21H31FN2O/c1-23-14-9-17-10-15-24(16-11-17)20(25)21(12-3-2-4-13-21)18-5-7-19(22)8-6-18/h5-8,17,23H,2-4,9-16H2,1H3. The molecule has 2 fully saturated rings. The molecule has 0 spiro atoms. The molecule has 1 aromatic rings. The van der Waals surface area contributed by atoms with E-state index in [4.69, 9.17) is 0 Å². The fourth-order valence-electron chi connectivity index (χ4n) is 4.63. The lowest BCUT2D eigenvalue weighted by Gasteiger charge is -2.42. The maximum Gasteiger partial charge on any atom is 0.233 e. The second kappa shape index (κ2) is 8.31. The SMILES string of the molecule is CNCCC1CCN(C(=O)C2(c3ccc(F)cc3)CCCCC2)CC1. The molecular formula is C21H31FN2O. The van der Waals surface area contributed by atoms with Crippen molar-refractivity contribution in [3.63, 3.8) is 0 Å². The molecule has 25 heavy (non-hydrogen) atoms. The predicted octanol–water partition coefficient (Wildman–Crippen LogP) is 3.88. The summed E-state index contributed by atoms with van der Waals surface area (Å²) < 4.78 is 13.4. The van der Waals surface area contributed by atoms with Gasteiger partial charge in [0.2, 0.25) is 5.91 Å². The zero-order valence-electron chi connectivity index (χ0n) is 15.4. The van der Waals surface area contributed by atoms with Gasteiger partial charge in [-0.05, 0) is 69.3 Å². The molecule has 0 atom stereocenters. The van der Waals surface area contributed by atoms with Crippen LogP contribution in [0.1, 0.15) is 56.9 Å². The number of likely N-dealkylation sites (tertiary alicyclic amines) is 1. The molecule has 1 amide bonds. The van der Waals surface area contributed by atoms with Crippen molar-refractivity contribution < 1.29 is 9.18 Å². The van der Waals surface area contributed by atoms with Crippen molar-refractivity contribution in [2.45, 2.75) is 56.8 Å². The molecule has 1 saturated carbocycles. The third kappa shape index (κ3) is 4.05. The smallest absolute Gasteiger partial charge is 0.233 e. The van der Waals surface area contributed by atoms with Crippen molar-refractivity contribution >= 4 is 5.91 Å². The van der Waals surface area contributed by atoms with Gasteiger partial charge in [0.15, 0.2) is 0 Å². The molecule has 0 unspecified atom stereocenters. The minimum atomic E-state index is -0.427. The Bertz CT molecular complexity index is 558. The monoisotopic (exact) mass is 346 g/mol. The average molecular weight is 346 g/mol. The molecule has 1 aliphatic heterocycles. The highest BCUT2D eigenvalue weighted by Gasteiger charge is 2.44. The van der Waals surface area contributed by atoms with Crippen molar-refractivity contribution in [1.29, 1.82) is 0 Å². The Morgan fingerprint density at radius 1 is 1.16 bits per heavy atom. The fourth-order valence-corrected chi connectivity index (χ4v) is 4.63. The minimum Gasteiger partial charge on any atom is -0.342 e. The van der Waals surface area contributed by atoms with Crippen LogP contribution in [0.15, 0.2) is 24.3 Å². The number of rotatable bonds is 5. The van der Waals surface area contributed by atoms with E-state index in [-0.39, 0.29) is 11.7 Å². The number of amides is 1. The van der Waals surface area contributed by atoms with Gasteiger partial charge < -0.3 is 10.2 Å². The van der Waals surface area contributed by atoms with Gasteiger partial charge in [0, 0.05) is 13.1 Å². The highest BCUT2D eigenvalue weighted by Crippen LogP contribution is 2.41. The number of benzene rings is 1. The van der Waals surface area contributed by atoms with E-state index in [2.05, 4.69) is 10.2 Å². The Morgan fingerprint density at radius 2 is 1.80 bits per heavy atom. The van der Waals surface area contributed by atoms with E-state index in [1.165, 1.54) is 25.0 Å². The van der Waals surface area contributed by atoms with Gasteiger partial charge in [0.25, 0.3) is 0 Å². The Labute approximate surface area is 151 Å². The molecular weight excluding hydrogens is 315 g/mol. The zero-order valence-corrected chi connectivity index (χ0v) is 15.4. The van der Waals surface area contributed by atoms with E-state index < -0.39 is 5.41 Å². The van der Waals surface area contributed by atoms with Crippen LogP contribution in [0.2, 0.25) is 0 Å². The Morgan fingerprint density at radius 3 is 2.40 bits per heavy atom. The molecule has 138 valence electrons. The summed E-state index contributed by atoms with van der Waals surface area (Å²) >= 11 is 0. The summed E-state index contributed by atoms with van der Waals surface area (Å²) in [5, 5.41) is 3.22. The van der Waals surface area contributed by atoms with Crippen LogP contribution < -0.4 is 5.32 Å². The molecule has 0 bridgehead atoms. The van der Waals surface area contributed by atoms with Gasteiger partial charge in [-0.25, -0.2) is 4.39 Å². The normalized spacial score (nSPS) is 21.3. The topological polar surface area (TPSA) is 32.3 Å². The third-order valence-corrected chi connectivity index (χ3v) is 6.22. The molecule has 1 aromatic carbocycles. The van der Waals surface area contributed by atoms with Crippen molar-refractivity contribution in [3.05, 3.63) is 35.6 Å². The van der Waals surface area contributed by atoms with Gasteiger partial charge in [-0.1, -0.05) is 31.4 Å². The van der Waals surface area contributed by atoms with Crippen molar-refractivity contribution in [3.8, 4) is 0 Å². The average Bonchev–Trinajstić information content (AvgIpc) is 2.67. The molecule has 2 aliphatic rings. The van der Waals surface area contributed by atoms with E-state index >= 15 is 0 Å². The lowest BCUT2D eigenvalue weighted by atomic mass is 9.68. The third-order valence-electron chi connectivity index (χ3n) is 6.22. The van der Waals surface area contributed by atoms with E-state index in [0.29, 0.717) is 0 Å². The van der Waals surface area contributed by atoms with Crippen molar-refractivity contribution in [2.75, 3.05) is 26.7 Å². The first kappa shape index (κ1) is 18.4. The van der Waals surface area contributed by atoms with Gasteiger partial charge in [-0.3, -0.25) is 4.79 Å². The number of hydrogen-bond acceptors (Lipinski definition) is 2. The fraction of sp³-hybridized carbons (Fsp3) is 0.667. The van der Waals surface area contributed by atoms with E-state index in [1.54, 1.807) is 0 Å². The molecule has 0 aromatic heterocycles. The molecule has 4 heteroatoms. The Balaban J connectivity index is 1.73. The van der Waals surface area contributed by atoms with Gasteiger partial charge in [0.1, 0.15) is 5.82 Å². The minimum absolute atomic E-state index is 0.229. The van der Waals surface area contributed by atoms with Crippen LogP contribution in [-0.2, 0) is 10.2 Å². The summed E-state index contributed by atoms with van der Waals surface area (Å²) in [6.07, 6.45) is 8.57. The van der Waals surface area contributed by atoms with E-state index in [1.807, 2.05) is 19.2 Å². The van der Waals surface area contributed by atoms with Gasteiger partial charge in [0.05, 0.1) is 5.41 Å². The molecule has 3 nitrogen and oxygen atoms in total. The summed E-state index contributed by atoms with van der Waals surface area (Å²) in [6, 6.07) is 6.67. The molecule has 3 rings (SSSR count). The van der Waals surface area contributed by atoms with E-state index in [9.17, 15) is 9.18 Å². The lowest BCUT2D eigenvalue weighted by molar-refractivity contribution is -0.140. The first-order valence-corrected chi connectivity index (χ1v) is 9.86. The van der Waals surface area contributed by atoms with Crippen LogP contribution in [0.3, 0.4) is 0 Å². The van der Waals surface area contributed by atoms with Crippen LogP contribution in [0.4, 0.5) is 4.39 Å². The molecule has 1 aliphatic carbocycles. The molecule has 1 N–H and O–H groups in total. The zero-order chi connectivity index (χ0) is 17.7.